The van der Waals surface area contributed by atoms with Crippen molar-refractivity contribution in [1.82, 2.24) is 0 Å². The summed E-state index contributed by atoms with van der Waals surface area (Å²) >= 11 is 0. The van der Waals surface area contributed by atoms with Gasteiger partial charge in [0.25, 0.3) is 0 Å². The maximum atomic E-state index is 12.1. The highest BCUT2D eigenvalue weighted by molar-refractivity contribution is 5.91. The van der Waals surface area contributed by atoms with Gasteiger partial charge in [-0.3, -0.25) is 0 Å². The quantitative estimate of drug-likeness (QED) is 0.468. The van der Waals surface area contributed by atoms with Crippen LogP contribution in [0.5, 0.6) is 5.75 Å². The van der Waals surface area contributed by atoms with Gasteiger partial charge in [0.05, 0.1) is 5.56 Å². The number of rotatable bonds is 5. The van der Waals surface area contributed by atoms with Crippen LogP contribution in [0.1, 0.15) is 32.6 Å². The van der Waals surface area contributed by atoms with Crippen molar-refractivity contribution in [2.75, 3.05) is 0 Å². The number of hydrogen-bond acceptors (Lipinski definition) is 2. The molecule has 0 heterocycles. The first-order valence-electron chi connectivity index (χ1n) is 8.53. The average molecular weight is 330 g/mol. The second kappa shape index (κ2) is 7.80. The third-order valence-corrected chi connectivity index (χ3v) is 4.24. The summed E-state index contributed by atoms with van der Waals surface area (Å²) in [5, 5.41) is 0. The van der Waals surface area contributed by atoms with E-state index in [1.165, 1.54) is 16.7 Å². The number of hydrogen-bond donors (Lipinski definition) is 0. The van der Waals surface area contributed by atoms with Gasteiger partial charge in [-0.2, -0.15) is 0 Å². The highest BCUT2D eigenvalue weighted by Crippen LogP contribution is 2.16. The van der Waals surface area contributed by atoms with E-state index in [0.29, 0.717) is 11.3 Å². The predicted octanol–water partition coefficient (Wildman–Crippen LogP) is 5.31. The molecular formula is C23H22O2. The van der Waals surface area contributed by atoms with Crippen LogP contribution in [0.4, 0.5) is 0 Å². The lowest BCUT2D eigenvalue weighted by Gasteiger charge is -2.07. The molecule has 0 aliphatic carbocycles. The first-order valence-corrected chi connectivity index (χ1v) is 8.53. The van der Waals surface area contributed by atoms with Gasteiger partial charge in [-0.1, -0.05) is 59.7 Å². The van der Waals surface area contributed by atoms with Gasteiger partial charge in [0.1, 0.15) is 5.75 Å². The molecule has 0 saturated heterocycles. The minimum atomic E-state index is -0.326. The zero-order valence-electron chi connectivity index (χ0n) is 14.7. The molecule has 0 saturated carbocycles. The zero-order valence-corrected chi connectivity index (χ0v) is 14.7. The highest BCUT2D eigenvalue weighted by Gasteiger charge is 2.08. The van der Waals surface area contributed by atoms with Crippen molar-refractivity contribution < 1.29 is 9.53 Å². The van der Waals surface area contributed by atoms with Gasteiger partial charge in [-0.25, -0.2) is 4.79 Å². The molecule has 25 heavy (non-hydrogen) atoms. The standard InChI is InChI=1S/C23H22O2/c1-17-3-7-19(8-4-17)9-10-20-11-15-22(16-12-20)25-23(24)21-13-5-18(2)6-14-21/h3-8,11-16H,9-10H2,1-2H3. The molecule has 3 aromatic rings. The summed E-state index contributed by atoms with van der Waals surface area (Å²) in [7, 11) is 0. The van der Waals surface area contributed by atoms with Crippen LogP contribution in [0.3, 0.4) is 0 Å². The van der Waals surface area contributed by atoms with E-state index in [4.69, 9.17) is 4.74 Å². The molecule has 2 heteroatoms. The molecule has 2 nitrogen and oxygen atoms in total. The summed E-state index contributed by atoms with van der Waals surface area (Å²) in [5.41, 5.74) is 5.53. The molecular weight excluding hydrogens is 308 g/mol. The number of carbonyl (C=O) groups is 1. The maximum Gasteiger partial charge on any atom is 0.343 e. The van der Waals surface area contributed by atoms with Gasteiger partial charge in [0.2, 0.25) is 0 Å². The van der Waals surface area contributed by atoms with E-state index < -0.39 is 0 Å². The first-order chi connectivity index (χ1) is 12.1. The Bertz CT molecular complexity index is 829. The minimum Gasteiger partial charge on any atom is -0.423 e. The van der Waals surface area contributed by atoms with E-state index in [9.17, 15) is 4.79 Å². The topological polar surface area (TPSA) is 26.3 Å². The van der Waals surface area contributed by atoms with Crippen LogP contribution in [-0.4, -0.2) is 5.97 Å². The third kappa shape index (κ3) is 4.80. The molecule has 0 fully saturated rings. The monoisotopic (exact) mass is 330 g/mol. The molecule has 0 radical (unpaired) electrons. The van der Waals surface area contributed by atoms with E-state index in [2.05, 4.69) is 31.2 Å². The van der Waals surface area contributed by atoms with Crippen molar-refractivity contribution in [3.63, 3.8) is 0 Å². The zero-order chi connectivity index (χ0) is 17.6. The van der Waals surface area contributed by atoms with Gasteiger partial charge in [0.15, 0.2) is 0 Å². The lowest BCUT2D eigenvalue weighted by Crippen LogP contribution is -2.08. The smallest absolute Gasteiger partial charge is 0.343 e. The molecule has 0 aliphatic rings. The molecule has 3 aromatic carbocycles. The summed E-state index contributed by atoms with van der Waals surface area (Å²) in [4.78, 5) is 12.1. The summed E-state index contributed by atoms with van der Waals surface area (Å²) in [5.74, 6) is 0.247. The molecule has 0 bridgehead atoms. The van der Waals surface area contributed by atoms with E-state index in [1.54, 1.807) is 12.1 Å². The Kier molecular flexibility index (Phi) is 5.30. The Balaban J connectivity index is 1.57. The SMILES string of the molecule is Cc1ccc(CCc2ccc(OC(=O)c3ccc(C)cc3)cc2)cc1. The van der Waals surface area contributed by atoms with Crippen molar-refractivity contribution >= 4 is 5.97 Å². The second-order valence-electron chi connectivity index (χ2n) is 6.39. The molecule has 0 atom stereocenters. The molecule has 0 aromatic heterocycles. The molecule has 0 spiro atoms. The van der Waals surface area contributed by atoms with Gasteiger partial charge in [-0.05, 0) is 62.1 Å². The van der Waals surface area contributed by atoms with Crippen LogP contribution in [-0.2, 0) is 12.8 Å². The Labute approximate surface area is 149 Å². The predicted molar refractivity (Wildman–Crippen MR) is 101 cm³/mol. The molecule has 0 amide bonds. The summed E-state index contributed by atoms with van der Waals surface area (Å²) in [6.45, 7) is 4.09. The number of benzene rings is 3. The Morgan fingerprint density at radius 2 is 1.12 bits per heavy atom. The fraction of sp³-hybridized carbons (Fsp3) is 0.174. The normalized spacial score (nSPS) is 10.5. The van der Waals surface area contributed by atoms with Crippen LogP contribution >= 0.6 is 0 Å². The van der Waals surface area contributed by atoms with Crippen molar-refractivity contribution in [2.24, 2.45) is 0 Å². The average Bonchev–Trinajstić information content (AvgIpc) is 2.63. The lowest BCUT2D eigenvalue weighted by atomic mass is 10.0. The van der Waals surface area contributed by atoms with E-state index in [-0.39, 0.29) is 5.97 Å². The highest BCUT2D eigenvalue weighted by atomic mass is 16.5. The first kappa shape index (κ1) is 17.0. The molecule has 0 aliphatic heterocycles. The summed E-state index contributed by atoms with van der Waals surface area (Å²) in [6.07, 6.45) is 1.97. The fourth-order valence-electron chi connectivity index (χ4n) is 2.62. The minimum absolute atomic E-state index is 0.326. The molecule has 0 N–H and O–H groups in total. The van der Waals surface area contributed by atoms with Gasteiger partial charge in [-0.15, -0.1) is 0 Å². The Morgan fingerprint density at radius 1 is 0.680 bits per heavy atom. The summed E-state index contributed by atoms with van der Waals surface area (Å²) < 4.78 is 5.43. The van der Waals surface area contributed by atoms with E-state index in [0.717, 1.165) is 18.4 Å². The Hall–Kier alpha value is -2.87. The number of ether oxygens (including phenoxy) is 1. The molecule has 0 unspecified atom stereocenters. The van der Waals surface area contributed by atoms with Crippen molar-refractivity contribution in [1.29, 1.82) is 0 Å². The van der Waals surface area contributed by atoms with Crippen LogP contribution < -0.4 is 4.74 Å². The number of carbonyl (C=O) groups excluding carboxylic acids is 1. The van der Waals surface area contributed by atoms with Crippen LogP contribution in [0.25, 0.3) is 0 Å². The van der Waals surface area contributed by atoms with Crippen molar-refractivity contribution in [2.45, 2.75) is 26.7 Å². The fourth-order valence-corrected chi connectivity index (χ4v) is 2.62. The van der Waals surface area contributed by atoms with Gasteiger partial charge in [0, 0.05) is 0 Å². The molecule has 126 valence electrons. The number of aryl methyl sites for hydroxylation is 4. The second-order valence-corrected chi connectivity index (χ2v) is 6.39. The van der Waals surface area contributed by atoms with Crippen LogP contribution in [0, 0.1) is 13.8 Å². The van der Waals surface area contributed by atoms with Gasteiger partial charge < -0.3 is 4.74 Å². The lowest BCUT2D eigenvalue weighted by molar-refractivity contribution is 0.0734. The van der Waals surface area contributed by atoms with Gasteiger partial charge >= 0.3 is 5.97 Å². The van der Waals surface area contributed by atoms with Crippen molar-refractivity contribution in [3.05, 3.63) is 101 Å². The maximum absolute atomic E-state index is 12.1. The largest absolute Gasteiger partial charge is 0.423 e. The Morgan fingerprint density at radius 3 is 1.64 bits per heavy atom. The third-order valence-electron chi connectivity index (χ3n) is 4.24. The van der Waals surface area contributed by atoms with E-state index in [1.807, 2.05) is 43.3 Å². The molecule has 3 rings (SSSR count). The van der Waals surface area contributed by atoms with Crippen LogP contribution in [0.15, 0.2) is 72.8 Å². The van der Waals surface area contributed by atoms with E-state index >= 15 is 0 Å². The number of esters is 1. The summed E-state index contributed by atoms with van der Waals surface area (Å²) in [6, 6.07) is 23.8. The van der Waals surface area contributed by atoms with Crippen LogP contribution in [0.2, 0.25) is 0 Å². The van der Waals surface area contributed by atoms with Crippen molar-refractivity contribution in [3.8, 4) is 5.75 Å².